The highest BCUT2D eigenvalue weighted by molar-refractivity contribution is 5.75. The van der Waals surface area contributed by atoms with Gasteiger partial charge in [-0.25, -0.2) is 13.8 Å². The lowest BCUT2D eigenvalue weighted by Gasteiger charge is -2.23. The van der Waals surface area contributed by atoms with E-state index in [1.807, 2.05) is 0 Å². The molecule has 0 spiro atoms. The molecule has 0 saturated carbocycles. The third-order valence-electron chi connectivity index (χ3n) is 3.53. The Hall–Kier alpha value is -1.82. The van der Waals surface area contributed by atoms with Gasteiger partial charge in [-0.3, -0.25) is 4.98 Å². The zero-order valence-corrected chi connectivity index (χ0v) is 11.0. The molecule has 1 aromatic heterocycles. The first kappa shape index (κ1) is 13.2. The SMILES string of the molecule is Fc1cc2ncc(NCC3CCCCN3)nc2cc1F. The number of aromatic nitrogens is 2. The first-order valence-corrected chi connectivity index (χ1v) is 6.81. The number of nitrogens with zero attached hydrogens (tertiary/aromatic N) is 2. The topological polar surface area (TPSA) is 49.8 Å². The minimum atomic E-state index is -0.905. The lowest BCUT2D eigenvalue weighted by Crippen LogP contribution is -2.39. The summed E-state index contributed by atoms with van der Waals surface area (Å²) >= 11 is 0. The van der Waals surface area contributed by atoms with Crippen LogP contribution in [0.25, 0.3) is 11.0 Å². The van der Waals surface area contributed by atoms with Crippen molar-refractivity contribution >= 4 is 16.9 Å². The van der Waals surface area contributed by atoms with Crippen LogP contribution in [-0.2, 0) is 0 Å². The number of piperidine rings is 1. The standard InChI is InChI=1S/C14H16F2N4/c15-10-5-12-13(6-11(10)16)20-14(8-18-12)19-7-9-3-1-2-4-17-9/h5-6,8-9,17H,1-4,7H2,(H,19,20). The highest BCUT2D eigenvalue weighted by atomic mass is 19.2. The van der Waals surface area contributed by atoms with Crippen LogP contribution >= 0.6 is 0 Å². The fourth-order valence-electron chi connectivity index (χ4n) is 2.42. The Labute approximate surface area is 115 Å². The molecule has 0 amide bonds. The number of hydrogen-bond donors (Lipinski definition) is 2. The number of anilines is 1. The van der Waals surface area contributed by atoms with Crippen molar-refractivity contribution in [2.75, 3.05) is 18.4 Å². The third kappa shape index (κ3) is 2.85. The van der Waals surface area contributed by atoms with E-state index in [2.05, 4.69) is 20.6 Å². The van der Waals surface area contributed by atoms with E-state index >= 15 is 0 Å². The van der Waals surface area contributed by atoms with E-state index in [1.54, 1.807) is 6.20 Å². The molecule has 1 unspecified atom stereocenters. The molecule has 2 aromatic rings. The van der Waals surface area contributed by atoms with Crippen LogP contribution in [0.2, 0.25) is 0 Å². The third-order valence-corrected chi connectivity index (χ3v) is 3.53. The largest absolute Gasteiger partial charge is 0.367 e. The molecule has 1 aliphatic rings. The van der Waals surface area contributed by atoms with Crippen LogP contribution < -0.4 is 10.6 Å². The van der Waals surface area contributed by atoms with E-state index < -0.39 is 11.6 Å². The molecule has 106 valence electrons. The number of hydrogen-bond acceptors (Lipinski definition) is 4. The lowest BCUT2D eigenvalue weighted by molar-refractivity contribution is 0.414. The van der Waals surface area contributed by atoms with Crippen molar-refractivity contribution in [2.45, 2.75) is 25.3 Å². The first-order chi connectivity index (χ1) is 9.72. The highest BCUT2D eigenvalue weighted by Crippen LogP contribution is 2.17. The average molecular weight is 278 g/mol. The normalized spacial score (nSPS) is 19.2. The summed E-state index contributed by atoms with van der Waals surface area (Å²) in [4.78, 5) is 8.35. The predicted molar refractivity (Wildman–Crippen MR) is 73.6 cm³/mol. The Morgan fingerprint density at radius 3 is 2.75 bits per heavy atom. The molecule has 0 aliphatic carbocycles. The molecule has 6 heteroatoms. The summed E-state index contributed by atoms with van der Waals surface area (Å²) in [7, 11) is 0. The molecule has 0 bridgehead atoms. The van der Waals surface area contributed by atoms with Gasteiger partial charge in [0.15, 0.2) is 11.6 Å². The molecule has 1 aliphatic heterocycles. The van der Waals surface area contributed by atoms with Gasteiger partial charge < -0.3 is 10.6 Å². The van der Waals surface area contributed by atoms with Crippen molar-refractivity contribution in [2.24, 2.45) is 0 Å². The van der Waals surface area contributed by atoms with Crippen molar-refractivity contribution in [3.05, 3.63) is 30.0 Å². The van der Waals surface area contributed by atoms with Gasteiger partial charge in [-0.05, 0) is 19.4 Å². The van der Waals surface area contributed by atoms with E-state index in [-0.39, 0.29) is 0 Å². The van der Waals surface area contributed by atoms with Crippen molar-refractivity contribution in [3.8, 4) is 0 Å². The average Bonchev–Trinajstić information content (AvgIpc) is 2.47. The van der Waals surface area contributed by atoms with Crippen molar-refractivity contribution in [1.82, 2.24) is 15.3 Å². The molecule has 1 saturated heterocycles. The summed E-state index contributed by atoms with van der Waals surface area (Å²) in [5.74, 6) is -1.23. The van der Waals surface area contributed by atoms with Crippen LogP contribution in [0.3, 0.4) is 0 Å². The zero-order chi connectivity index (χ0) is 13.9. The Morgan fingerprint density at radius 1 is 1.20 bits per heavy atom. The van der Waals surface area contributed by atoms with E-state index in [4.69, 9.17) is 0 Å². The second-order valence-corrected chi connectivity index (χ2v) is 5.04. The molecular formula is C14H16F2N4. The smallest absolute Gasteiger partial charge is 0.161 e. The molecule has 1 atom stereocenters. The summed E-state index contributed by atoms with van der Waals surface area (Å²) in [6.07, 6.45) is 5.13. The van der Waals surface area contributed by atoms with E-state index in [0.29, 0.717) is 22.9 Å². The maximum Gasteiger partial charge on any atom is 0.161 e. The molecule has 20 heavy (non-hydrogen) atoms. The zero-order valence-electron chi connectivity index (χ0n) is 11.0. The van der Waals surface area contributed by atoms with Crippen molar-refractivity contribution < 1.29 is 8.78 Å². The van der Waals surface area contributed by atoms with Gasteiger partial charge >= 0.3 is 0 Å². The Morgan fingerprint density at radius 2 is 2.00 bits per heavy atom. The Kier molecular flexibility index (Phi) is 3.73. The number of rotatable bonds is 3. The van der Waals surface area contributed by atoms with Crippen LogP contribution in [0.5, 0.6) is 0 Å². The predicted octanol–water partition coefficient (Wildman–Crippen LogP) is 2.46. The minimum absolute atomic E-state index is 0.352. The van der Waals surface area contributed by atoms with E-state index in [9.17, 15) is 8.78 Å². The lowest BCUT2D eigenvalue weighted by atomic mass is 10.1. The van der Waals surface area contributed by atoms with Crippen LogP contribution in [0.15, 0.2) is 18.3 Å². The van der Waals surface area contributed by atoms with Crippen molar-refractivity contribution in [1.29, 1.82) is 0 Å². The van der Waals surface area contributed by atoms with Gasteiger partial charge in [0.05, 0.1) is 17.2 Å². The van der Waals surface area contributed by atoms with Gasteiger partial charge in [0, 0.05) is 24.7 Å². The Bertz CT molecular complexity index is 611. The summed E-state index contributed by atoms with van der Waals surface area (Å²) in [5.41, 5.74) is 0.704. The first-order valence-electron chi connectivity index (χ1n) is 6.81. The number of fused-ring (bicyclic) bond motifs is 1. The highest BCUT2D eigenvalue weighted by Gasteiger charge is 2.12. The van der Waals surface area contributed by atoms with Crippen LogP contribution in [0.4, 0.5) is 14.6 Å². The second-order valence-electron chi connectivity index (χ2n) is 5.04. The molecule has 3 rings (SSSR count). The van der Waals surface area contributed by atoms with E-state index in [1.165, 1.54) is 12.8 Å². The number of halogens is 2. The van der Waals surface area contributed by atoms with Crippen LogP contribution in [-0.4, -0.2) is 29.1 Å². The molecule has 2 heterocycles. The Balaban J connectivity index is 1.73. The van der Waals surface area contributed by atoms with Gasteiger partial charge in [0.25, 0.3) is 0 Å². The quantitative estimate of drug-likeness (QED) is 0.905. The maximum absolute atomic E-state index is 13.2. The fourth-order valence-corrected chi connectivity index (χ4v) is 2.42. The number of nitrogens with one attached hydrogen (secondary N) is 2. The van der Waals surface area contributed by atoms with Crippen LogP contribution in [0.1, 0.15) is 19.3 Å². The minimum Gasteiger partial charge on any atom is -0.367 e. The van der Waals surface area contributed by atoms with Crippen LogP contribution in [0, 0.1) is 11.6 Å². The van der Waals surface area contributed by atoms with E-state index in [0.717, 1.165) is 31.6 Å². The number of benzene rings is 1. The summed E-state index contributed by atoms with van der Waals surface area (Å²) in [6.45, 7) is 1.80. The fraction of sp³-hybridized carbons (Fsp3) is 0.429. The van der Waals surface area contributed by atoms with Gasteiger partial charge in [0.1, 0.15) is 5.82 Å². The molecule has 4 nitrogen and oxygen atoms in total. The maximum atomic E-state index is 13.2. The monoisotopic (exact) mass is 278 g/mol. The second kappa shape index (κ2) is 5.66. The molecular weight excluding hydrogens is 262 g/mol. The van der Waals surface area contributed by atoms with Crippen molar-refractivity contribution in [3.63, 3.8) is 0 Å². The molecule has 1 aromatic carbocycles. The molecule has 0 radical (unpaired) electrons. The van der Waals surface area contributed by atoms with Gasteiger partial charge in [-0.2, -0.15) is 0 Å². The van der Waals surface area contributed by atoms with Gasteiger partial charge in [-0.15, -0.1) is 0 Å². The summed E-state index contributed by atoms with van der Waals surface area (Å²) in [6, 6.07) is 2.55. The molecule has 2 N–H and O–H groups in total. The van der Waals surface area contributed by atoms with Gasteiger partial charge in [0.2, 0.25) is 0 Å². The summed E-state index contributed by atoms with van der Waals surface area (Å²) < 4.78 is 26.3. The molecule has 1 fully saturated rings. The van der Waals surface area contributed by atoms with Gasteiger partial charge in [-0.1, -0.05) is 6.42 Å². The summed E-state index contributed by atoms with van der Waals surface area (Å²) in [5, 5.41) is 6.61.